The van der Waals surface area contributed by atoms with E-state index in [-0.39, 0.29) is 6.04 Å². The molecule has 0 bridgehead atoms. The molecule has 2 N–H and O–H groups in total. The molecule has 0 amide bonds. The van der Waals surface area contributed by atoms with Gasteiger partial charge < -0.3 is 10.6 Å². The van der Waals surface area contributed by atoms with Gasteiger partial charge in [-0.25, -0.2) is 0 Å². The van der Waals surface area contributed by atoms with Gasteiger partial charge in [-0.1, -0.05) is 12.2 Å². The van der Waals surface area contributed by atoms with Crippen LogP contribution in [0.2, 0.25) is 0 Å². The van der Waals surface area contributed by atoms with Gasteiger partial charge in [0.25, 0.3) is 0 Å². The van der Waals surface area contributed by atoms with Crippen LogP contribution in [0.3, 0.4) is 0 Å². The van der Waals surface area contributed by atoms with E-state index in [0.29, 0.717) is 0 Å². The molecule has 2 rings (SSSR count). The predicted molar refractivity (Wildman–Crippen MR) is 84.3 cm³/mol. The lowest BCUT2D eigenvalue weighted by Gasteiger charge is -2.20. The molecular formula is C16H22N4. The van der Waals surface area contributed by atoms with Crippen LogP contribution >= 0.6 is 0 Å². The highest BCUT2D eigenvalue weighted by Gasteiger charge is 2.05. The van der Waals surface area contributed by atoms with Crippen LogP contribution in [0.15, 0.2) is 58.4 Å². The third kappa shape index (κ3) is 3.70. The van der Waals surface area contributed by atoms with E-state index in [1.807, 2.05) is 30.4 Å². The van der Waals surface area contributed by atoms with Crippen molar-refractivity contribution >= 4 is 11.4 Å². The van der Waals surface area contributed by atoms with Crippen LogP contribution in [0.25, 0.3) is 0 Å². The first-order chi connectivity index (χ1) is 9.72. The number of hydrogen-bond acceptors (Lipinski definition) is 4. The number of nitrogens with zero attached hydrogens (tertiary/aromatic N) is 3. The van der Waals surface area contributed by atoms with Crippen LogP contribution in [0.4, 0.5) is 11.4 Å². The zero-order valence-corrected chi connectivity index (χ0v) is 12.2. The highest BCUT2D eigenvalue weighted by atomic mass is 15.1. The zero-order chi connectivity index (χ0) is 14.4. The highest BCUT2D eigenvalue weighted by molar-refractivity contribution is 5.52. The van der Waals surface area contributed by atoms with E-state index >= 15 is 0 Å². The maximum atomic E-state index is 5.67. The second kappa shape index (κ2) is 6.89. The Morgan fingerprint density at radius 2 is 1.90 bits per heavy atom. The summed E-state index contributed by atoms with van der Waals surface area (Å²) in [6, 6.07) is 8.30. The molecule has 0 heterocycles. The van der Waals surface area contributed by atoms with Gasteiger partial charge >= 0.3 is 0 Å². The molecule has 0 aromatic heterocycles. The lowest BCUT2D eigenvalue weighted by atomic mass is 10.1. The van der Waals surface area contributed by atoms with Crippen molar-refractivity contribution in [3.8, 4) is 0 Å². The minimum Gasteiger partial charge on any atom is -0.399 e. The monoisotopic (exact) mass is 270 g/mol. The molecule has 20 heavy (non-hydrogen) atoms. The Morgan fingerprint density at radius 1 is 1.20 bits per heavy atom. The molecule has 1 aromatic carbocycles. The van der Waals surface area contributed by atoms with E-state index < -0.39 is 0 Å². The summed E-state index contributed by atoms with van der Waals surface area (Å²) < 4.78 is 0. The summed E-state index contributed by atoms with van der Waals surface area (Å²) in [4.78, 5) is 2.30. The van der Waals surface area contributed by atoms with Crippen molar-refractivity contribution in [2.75, 3.05) is 18.0 Å². The number of azo groups is 1. The second-order valence-electron chi connectivity index (χ2n) is 4.77. The first-order valence-corrected chi connectivity index (χ1v) is 7.12. The van der Waals surface area contributed by atoms with Crippen molar-refractivity contribution in [1.29, 1.82) is 0 Å². The molecule has 1 aromatic rings. The summed E-state index contributed by atoms with van der Waals surface area (Å²) in [5.41, 5.74) is 8.59. The molecule has 1 aliphatic carbocycles. The third-order valence-electron chi connectivity index (χ3n) is 3.41. The third-order valence-corrected chi connectivity index (χ3v) is 3.41. The molecule has 1 aliphatic rings. The van der Waals surface area contributed by atoms with Crippen molar-refractivity contribution in [3.05, 3.63) is 48.2 Å². The fraction of sp³-hybridized carbons (Fsp3) is 0.375. The van der Waals surface area contributed by atoms with E-state index in [1.165, 1.54) is 5.69 Å². The minimum absolute atomic E-state index is 0.102. The molecule has 0 saturated carbocycles. The van der Waals surface area contributed by atoms with Gasteiger partial charge in [0.05, 0.1) is 11.7 Å². The van der Waals surface area contributed by atoms with E-state index in [4.69, 9.17) is 5.73 Å². The van der Waals surface area contributed by atoms with Crippen LogP contribution in [-0.4, -0.2) is 19.1 Å². The molecule has 0 saturated heterocycles. The van der Waals surface area contributed by atoms with Crippen LogP contribution < -0.4 is 10.6 Å². The van der Waals surface area contributed by atoms with Crippen LogP contribution in [0, 0.1) is 0 Å². The van der Waals surface area contributed by atoms with Crippen LogP contribution in [-0.2, 0) is 0 Å². The number of nitrogens with two attached hydrogens (primary N) is 1. The van der Waals surface area contributed by atoms with Crippen molar-refractivity contribution in [2.45, 2.75) is 26.3 Å². The average molecular weight is 270 g/mol. The fourth-order valence-corrected chi connectivity index (χ4v) is 2.17. The summed E-state index contributed by atoms with van der Waals surface area (Å²) in [7, 11) is 0. The Bertz CT molecular complexity index is 510. The quantitative estimate of drug-likeness (QED) is 0.828. The molecule has 0 fully saturated rings. The zero-order valence-electron chi connectivity index (χ0n) is 12.2. The number of benzene rings is 1. The normalized spacial score (nSPS) is 18.3. The second-order valence-corrected chi connectivity index (χ2v) is 4.77. The largest absolute Gasteiger partial charge is 0.399 e. The van der Waals surface area contributed by atoms with Gasteiger partial charge in [0, 0.05) is 24.5 Å². The summed E-state index contributed by atoms with van der Waals surface area (Å²) in [6.45, 7) is 6.34. The average Bonchev–Trinajstić information content (AvgIpc) is 2.49. The van der Waals surface area contributed by atoms with Crippen LogP contribution in [0.5, 0.6) is 0 Å². The number of anilines is 1. The molecule has 1 unspecified atom stereocenters. The molecule has 1 atom stereocenters. The van der Waals surface area contributed by atoms with Gasteiger partial charge in [0.2, 0.25) is 0 Å². The van der Waals surface area contributed by atoms with Gasteiger partial charge in [-0.05, 0) is 50.6 Å². The van der Waals surface area contributed by atoms with Gasteiger partial charge in [-0.15, -0.1) is 0 Å². The lowest BCUT2D eigenvalue weighted by Crippen LogP contribution is -2.21. The first-order valence-electron chi connectivity index (χ1n) is 7.12. The summed E-state index contributed by atoms with van der Waals surface area (Å²) in [5, 5.41) is 8.62. The predicted octanol–water partition coefficient (Wildman–Crippen LogP) is 3.79. The minimum atomic E-state index is 0.102. The maximum absolute atomic E-state index is 5.67. The Labute approximate surface area is 120 Å². The topological polar surface area (TPSA) is 54.0 Å². The summed E-state index contributed by atoms with van der Waals surface area (Å²) >= 11 is 0. The summed E-state index contributed by atoms with van der Waals surface area (Å²) in [6.07, 6.45) is 6.68. The molecule has 4 nitrogen and oxygen atoms in total. The molecule has 106 valence electrons. The molecule has 0 spiro atoms. The Morgan fingerprint density at radius 3 is 2.45 bits per heavy atom. The van der Waals surface area contributed by atoms with E-state index in [9.17, 15) is 0 Å². The van der Waals surface area contributed by atoms with Gasteiger partial charge in [-0.2, -0.15) is 10.2 Å². The van der Waals surface area contributed by atoms with Crippen molar-refractivity contribution in [1.82, 2.24) is 0 Å². The van der Waals surface area contributed by atoms with Gasteiger partial charge in [0.1, 0.15) is 0 Å². The van der Waals surface area contributed by atoms with E-state index in [2.05, 4.69) is 41.1 Å². The van der Waals surface area contributed by atoms with Gasteiger partial charge in [0.15, 0.2) is 0 Å². The number of allylic oxidation sites excluding steroid dienone is 1. The summed E-state index contributed by atoms with van der Waals surface area (Å²) in [5.74, 6) is 0. The SMILES string of the molecule is CCN(CC)c1ccc(/N=N/C2C=CC(N)=CC2)cc1. The highest BCUT2D eigenvalue weighted by Crippen LogP contribution is 2.21. The van der Waals surface area contributed by atoms with Gasteiger partial charge in [-0.3, -0.25) is 0 Å². The molecular weight excluding hydrogens is 248 g/mol. The Hall–Kier alpha value is -2.10. The Kier molecular flexibility index (Phi) is 4.93. The van der Waals surface area contributed by atoms with Crippen LogP contribution in [0.1, 0.15) is 20.3 Å². The lowest BCUT2D eigenvalue weighted by molar-refractivity contribution is 0.769. The van der Waals surface area contributed by atoms with Crippen molar-refractivity contribution in [3.63, 3.8) is 0 Å². The number of rotatable bonds is 5. The Balaban J connectivity index is 1.99. The molecule has 0 aliphatic heterocycles. The first kappa shape index (κ1) is 14.3. The molecule has 4 heteroatoms. The standard InChI is InChI=1S/C16H22N4/c1-3-20(4-2)16-11-9-15(10-12-16)19-18-14-7-5-13(17)6-8-14/h5-7,9-12,14H,3-4,8,17H2,1-2H3/b19-18+. The number of hydrogen-bond donors (Lipinski definition) is 1. The van der Waals surface area contributed by atoms with Crippen molar-refractivity contribution < 1.29 is 0 Å². The smallest absolute Gasteiger partial charge is 0.0932 e. The molecule has 0 radical (unpaired) electrons. The fourth-order valence-electron chi connectivity index (χ4n) is 2.17. The maximum Gasteiger partial charge on any atom is 0.0932 e. The van der Waals surface area contributed by atoms with E-state index in [0.717, 1.165) is 30.9 Å². The van der Waals surface area contributed by atoms with Crippen molar-refractivity contribution in [2.24, 2.45) is 16.0 Å². The van der Waals surface area contributed by atoms with E-state index in [1.54, 1.807) is 0 Å².